The monoisotopic (exact) mass is 385 g/mol. The minimum absolute atomic E-state index is 0.0814. The van der Waals surface area contributed by atoms with E-state index in [0.29, 0.717) is 47.2 Å². The summed E-state index contributed by atoms with van der Waals surface area (Å²) in [7, 11) is 0. The van der Waals surface area contributed by atoms with Crippen LogP contribution < -0.4 is 14.7 Å². The zero-order valence-corrected chi connectivity index (χ0v) is 15.8. The minimum atomic E-state index is -0.194. The van der Waals surface area contributed by atoms with Gasteiger partial charge in [0.05, 0.1) is 18.8 Å². The second kappa shape index (κ2) is 7.35. The maximum Gasteiger partial charge on any atom is 0.232 e. The Kier molecular flexibility index (Phi) is 4.91. The number of carbonyl (C=O) groups is 1. The van der Waals surface area contributed by atoms with Gasteiger partial charge in [0.2, 0.25) is 5.78 Å². The van der Waals surface area contributed by atoms with E-state index in [1.807, 2.05) is 12.1 Å². The summed E-state index contributed by atoms with van der Waals surface area (Å²) in [5.41, 5.74) is 2.48. The number of halogens is 1. The Morgan fingerprint density at radius 1 is 1.26 bits per heavy atom. The molecule has 2 aliphatic heterocycles. The van der Waals surface area contributed by atoms with E-state index >= 15 is 0 Å². The normalized spacial score (nSPS) is 18.6. The molecular weight excluding hydrogens is 366 g/mol. The van der Waals surface area contributed by atoms with Crippen LogP contribution in [-0.4, -0.2) is 32.1 Å². The first kappa shape index (κ1) is 18.0. The summed E-state index contributed by atoms with van der Waals surface area (Å²) in [4.78, 5) is 14.2. The molecule has 0 unspecified atom stereocenters. The van der Waals surface area contributed by atoms with Gasteiger partial charge in [-0.3, -0.25) is 4.79 Å². The van der Waals surface area contributed by atoms with Crippen molar-refractivity contribution in [1.29, 1.82) is 0 Å². The van der Waals surface area contributed by atoms with Crippen LogP contribution >= 0.6 is 11.6 Å². The molecule has 0 radical (unpaired) electrons. The number of hydrogen-bond acceptors (Lipinski definition) is 4. The standard InChI is InChI=1S/C21H20ClNO4/c1-13-9-17(24)16(12-23-5-7-26-8-6-23)21-19(13)20(25)18(27-21)11-14-3-2-4-15(22)10-14/h2-4,9-11,24H,5-8,12H2,1H3. The van der Waals surface area contributed by atoms with Gasteiger partial charge in [0.25, 0.3) is 0 Å². The van der Waals surface area contributed by atoms with Crippen molar-refractivity contribution in [2.24, 2.45) is 0 Å². The number of rotatable bonds is 3. The van der Waals surface area contributed by atoms with E-state index in [1.54, 1.807) is 25.1 Å². The molecule has 2 aromatic rings. The highest BCUT2D eigenvalue weighted by molar-refractivity contribution is 6.30. The number of Topliss-reactive ketones (excluding diaryl/α,β-unsaturated/α-hetero) is 1. The van der Waals surface area contributed by atoms with Crippen LogP contribution in [0, 0.1) is 6.92 Å². The number of aryl methyl sites for hydroxylation is 1. The van der Waals surface area contributed by atoms with E-state index in [-0.39, 0.29) is 17.3 Å². The van der Waals surface area contributed by atoms with Gasteiger partial charge in [-0.05, 0) is 36.3 Å². The molecule has 6 heteroatoms. The summed E-state index contributed by atoms with van der Waals surface area (Å²) >= 11 is 6.03. The molecule has 0 bridgehead atoms. The van der Waals surface area contributed by atoms with E-state index in [9.17, 15) is 9.90 Å². The van der Waals surface area contributed by atoms with E-state index in [0.717, 1.165) is 18.7 Å². The van der Waals surface area contributed by atoms with Gasteiger partial charge < -0.3 is 19.5 Å². The summed E-state index contributed by atoms with van der Waals surface area (Å²) in [5, 5.41) is 13.2. The predicted molar refractivity (Wildman–Crippen MR) is 100 cm³/mol. The highest BCUT2D eigenvalue weighted by Crippen LogP contribution is 2.40. The smallest absolute Gasteiger partial charge is 0.232 e. The Morgan fingerprint density at radius 2 is 2.04 bits per heavy atom. The van der Waals surface area contributed by atoms with Crippen molar-refractivity contribution in [2.45, 2.75) is 13.5 Å². The number of carbonyl (C=O) groups excluding carboxylic acids is 1. The predicted octanol–water partition coefficient (Wildman–Crippen LogP) is 1.75. The summed E-state index contributed by atoms with van der Waals surface area (Å²) in [6, 6.07) is 8.74. The SMILES string of the molecule is Cc1cc([O-])c(C[NH+]2CCOCC2)c2c1C(=O)C(=Cc1cccc(Cl)c1)O2. The van der Waals surface area contributed by atoms with Crippen molar-refractivity contribution in [3.63, 3.8) is 0 Å². The highest BCUT2D eigenvalue weighted by atomic mass is 35.5. The van der Waals surface area contributed by atoms with Crippen LogP contribution in [0.4, 0.5) is 0 Å². The van der Waals surface area contributed by atoms with E-state index < -0.39 is 0 Å². The molecule has 0 atom stereocenters. The molecule has 0 aromatic heterocycles. The van der Waals surface area contributed by atoms with Crippen molar-refractivity contribution in [3.8, 4) is 11.5 Å². The molecule has 0 aliphatic carbocycles. The number of ether oxygens (including phenoxy) is 2. The molecule has 5 nitrogen and oxygen atoms in total. The van der Waals surface area contributed by atoms with E-state index in [4.69, 9.17) is 21.1 Å². The molecule has 2 aromatic carbocycles. The van der Waals surface area contributed by atoms with Crippen LogP contribution in [0.1, 0.15) is 27.0 Å². The summed E-state index contributed by atoms with van der Waals surface area (Å²) in [6.45, 7) is 5.33. The van der Waals surface area contributed by atoms with Crippen molar-refractivity contribution in [3.05, 3.63) is 63.4 Å². The molecule has 27 heavy (non-hydrogen) atoms. The van der Waals surface area contributed by atoms with Crippen LogP contribution in [0.5, 0.6) is 11.5 Å². The topological polar surface area (TPSA) is 63.0 Å². The van der Waals surface area contributed by atoms with Gasteiger partial charge in [0.15, 0.2) is 5.76 Å². The molecule has 0 amide bonds. The third kappa shape index (κ3) is 3.58. The number of hydrogen-bond donors (Lipinski definition) is 1. The van der Waals surface area contributed by atoms with Gasteiger partial charge >= 0.3 is 0 Å². The summed E-state index contributed by atoms with van der Waals surface area (Å²) in [5.74, 6) is 0.360. The third-order valence-corrected chi connectivity index (χ3v) is 5.21. The number of ketones is 1. The largest absolute Gasteiger partial charge is 0.872 e. The average molecular weight is 386 g/mol. The molecule has 1 N–H and O–H groups in total. The van der Waals surface area contributed by atoms with Crippen LogP contribution in [0.2, 0.25) is 5.02 Å². The zero-order chi connectivity index (χ0) is 19.0. The van der Waals surface area contributed by atoms with Crippen LogP contribution in [0.15, 0.2) is 36.1 Å². The third-order valence-electron chi connectivity index (χ3n) is 4.98. The lowest BCUT2D eigenvalue weighted by atomic mass is 9.99. The number of morpholine rings is 1. The fraction of sp³-hybridized carbons (Fsp3) is 0.286. The lowest BCUT2D eigenvalue weighted by molar-refractivity contribution is -0.921. The number of benzene rings is 2. The first-order valence-corrected chi connectivity index (χ1v) is 9.35. The molecule has 1 saturated heterocycles. The highest BCUT2D eigenvalue weighted by Gasteiger charge is 2.33. The molecule has 0 saturated carbocycles. The van der Waals surface area contributed by atoms with E-state index in [2.05, 4.69) is 0 Å². The molecule has 2 aliphatic rings. The lowest BCUT2D eigenvalue weighted by Crippen LogP contribution is -3.12. The van der Waals surface area contributed by atoms with Crippen LogP contribution in [0.3, 0.4) is 0 Å². The quantitative estimate of drug-likeness (QED) is 0.818. The molecule has 0 spiro atoms. The van der Waals surface area contributed by atoms with Gasteiger partial charge in [-0.15, -0.1) is 0 Å². The number of allylic oxidation sites excluding steroid dienone is 1. The van der Waals surface area contributed by atoms with Gasteiger partial charge in [-0.2, -0.15) is 0 Å². The van der Waals surface area contributed by atoms with Crippen molar-refractivity contribution < 1.29 is 24.3 Å². The average Bonchev–Trinajstić information content (AvgIpc) is 2.96. The zero-order valence-electron chi connectivity index (χ0n) is 15.0. The van der Waals surface area contributed by atoms with Crippen molar-refractivity contribution in [2.75, 3.05) is 26.3 Å². The fourth-order valence-corrected chi connectivity index (χ4v) is 3.77. The van der Waals surface area contributed by atoms with Gasteiger partial charge in [-0.1, -0.05) is 35.5 Å². The number of fused-ring (bicyclic) bond motifs is 1. The Bertz CT molecular complexity index is 932. The Hall–Kier alpha value is -2.34. The van der Waals surface area contributed by atoms with Crippen molar-refractivity contribution >= 4 is 23.5 Å². The lowest BCUT2D eigenvalue weighted by Gasteiger charge is -2.26. The molecular formula is C21H20ClNO4. The van der Waals surface area contributed by atoms with E-state index in [1.165, 1.54) is 11.0 Å². The second-order valence-electron chi connectivity index (χ2n) is 6.91. The van der Waals surface area contributed by atoms with Gasteiger partial charge in [0, 0.05) is 10.6 Å². The second-order valence-corrected chi connectivity index (χ2v) is 7.34. The molecule has 2 heterocycles. The number of nitrogens with one attached hydrogen (secondary N) is 1. The van der Waals surface area contributed by atoms with Gasteiger partial charge in [0.1, 0.15) is 25.4 Å². The maximum absolute atomic E-state index is 12.9. The molecule has 1 fully saturated rings. The van der Waals surface area contributed by atoms with Crippen LogP contribution in [-0.2, 0) is 11.3 Å². The van der Waals surface area contributed by atoms with Crippen LogP contribution in [0.25, 0.3) is 6.08 Å². The Labute approximate surface area is 162 Å². The summed E-state index contributed by atoms with van der Waals surface area (Å²) < 4.78 is 11.3. The Balaban J connectivity index is 1.71. The minimum Gasteiger partial charge on any atom is -0.872 e. The molecule has 4 rings (SSSR count). The van der Waals surface area contributed by atoms with Crippen molar-refractivity contribution in [1.82, 2.24) is 0 Å². The number of quaternary nitrogens is 1. The first-order chi connectivity index (χ1) is 13.0. The van der Waals surface area contributed by atoms with Gasteiger partial charge in [-0.25, -0.2) is 0 Å². The maximum atomic E-state index is 12.9. The first-order valence-electron chi connectivity index (χ1n) is 8.97. The summed E-state index contributed by atoms with van der Waals surface area (Å²) in [6.07, 6.45) is 1.67. The fourth-order valence-electron chi connectivity index (χ4n) is 3.57. The molecule has 140 valence electrons. The Morgan fingerprint density at radius 3 is 2.78 bits per heavy atom.